The van der Waals surface area contributed by atoms with Crippen molar-refractivity contribution in [2.45, 2.75) is 13.5 Å². The zero-order valence-electron chi connectivity index (χ0n) is 7.81. The van der Waals surface area contributed by atoms with Gasteiger partial charge in [0.15, 0.2) is 0 Å². The molecule has 0 amide bonds. The Hall–Kier alpha value is -1.16. The van der Waals surface area contributed by atoms with E-state index in [1.54, 1.807) is 6.20 Å². The minimum atomic E-state index is 0.757. The molecule has 0 aliphatic carbocycles. The molecule has 1 heterocycles. The predicted molar refractivity (Wildman–Crippen MR) is 58.0 cm³/mol. The summed E-state index contributed by atoms with van der Waals surface area (Å²) in [6.45, 7) is 2.85. The highest BCUT2D eigenvalue weighted by atomic mass is 79.9. The smallest absolute Gasteiger partial charge is 0.0693 e. The van der Waals surface area contributed by atoms with E-state index >= 15 is 0 Å². The molecule has 0 radical (unpaired) electrons. The molecule has 1 aromatic heterocycles. The van der Waals surface area contributed by atoms with E-state index in [4.69, 9.17) is 0 Å². The molecule has 14 heavy (non-hydrogen) atoms. The van der Waals surface area contributed by atoms with E-state index in [1.807, 2.05) is 23.0 Å². The molecule has 72 valence electrons. The molecule has 0 fully saturated rings. The zero-order chi connectivity index (χ0) is 9.97. The summed E-state index contributed by atoms with van der Waals surface area (Å²) in [5.41, 5.74) is 2.51. The van der Waals surface area contributed by atoms with Crippen molar-refractivity contribution in [1.29, 1.82) is 0 Å². The summed E-state index contributed by atoms with van der Waals surface area (Å²) in [5, 5.41) is 7.71. The van der Waals surface area contributed by atoms with Crippen LogP contribution in [0.15, 0.2) is 35.1 Å². The van der Waals surface area contributed by atoms with E-state index in [-0.39, 0.29) is 0 Å². The average Bonchev–Trinajstić information content (AvgIpc) is 2.64. The van der Waals surface area contributed by atoms with Gasteiger partial charge in [0.2, 0.25) is 0 Å². The maximum atomic E-state index is 3.94. The maximum absolute atomic E-state index is 3.94. The van der Waals surface area contributed by atoms with Crippen LogP contribution in [0, 0.1) is 6.92 Å². The van der Waals surface area contributed by atoms with Gasteiger partial charge in [0, 0.05) is 10.7 Å². The number of nitrogens with zero attached hydrogens (tertiary/aromatic N) is 3. The molecule has 0 saturated heterocycles. The van der Waals surface area contributed by atoms with E-state index in [0.29, 0.717) is 0 Å². The molecule has 0 saturated carbocycles. The predicted octanol–water partition coefficient (Wildman–Crippen LogP) is 2.40. The number of rotatable bonds is 2. The normalized spacial score (nSPS) is 10.4. The maximum Gasteiger partial charge on any atom is 0.0693 e. The number of halogens is 1. The number of aromatic nitrogens is 3. The van der Waals surface area contributed by atoms with Gasteiger partial charge in [0.05, 0.1) is 12.7 Å². The van der Waals surface area contributed by atoms with Crippen molar-refractivity contribution in [3.05, 3.63) is 46.2 Å². The van der Waals surface area contributed by atoms with Gasteiger partial charge in [-0.15, -0.1) is 5.10 Å². The monoisotopic (exact) mass is 251 g/mol. The van der Waals surface area contributed by atoms with Crippen molar-refractivity contribution in [3.63, 3.8) is 0 Å². The summed E-state index contributed by atoms with van der Waals surface area (Å²) in [7, 11) is 0. The highest BCUT2D eigenvalue weighted by molar-refractivity contribution is 9.10. The molecular formula is C10H10BrN3. The molecule has 0 unspecified atom stereocenters. The lowest BCUT2D eigenvalue weighted by Gasteiger charge is -2.07. The molecule has 0 bridgehead atoms. The second-order valence-corrected chi connectivity index (χ2v) is 3.99. The molecule has 3 nitrogen and oxygen atoms in total. The molecule has 0 aliphatic heterocycles. The highest BCUT2D eigenvalue weighted by Gasteiger charge is 2.03. The summed E-state index contributed by atoms with van der Waals surface area (Å²) in [4.78, 5) is 0. The van der Waals surface area contributed by atoms with Crippen molar-refractivity contribution in [2.75, 3.05) is 0 Å². The fourth-order valence-electron chi connectivity index (χ4n) is 1.35. The Morgan fingerprint density at radius 1 is 1.43 bits per heavy atom. The van der Waals surface area contributed by atoms with Gasteiger partial charge in [-0.05, 0) is 24.1 Å². The first kappa shape index (κ1) is 9.40. The Morgan fingerprint density at radius 2 is 2.29 bits per heavy atom. The first-order chi connectivity index (χ1) is 6.77. The van der Waals surface area contributed by atoms with E-state index in [2.05, 4.69) is 39.2 Å². The van der Waals surface area contributed by atoms with Crippen LogP contribution in [0.5, 0.6) is 0 Å². The third-order valence-electron chi connectivity index (χ3n) is 2.15. The number of benzene rings is 1. The summed E-state index contributed by atoms with van der Waals surface area (Å²) >= 11 is 3.53. The first-order valence-corrected chi connectivity index (χ1v) is 5.15. The van der Waals surface area contributed by atoms with E-state index < -0.39 is 0 Å². The van der Waals surface area contributed by atoms with Crippen LogP contribution in [-0.4, -0.2) is 15.0 Å². The van der Waals surface area contributed by atoms with Gasteiger partial charge in [0.1, 0.15) is 0 Å². The third-order valence-corrected chi connectivity index (χ3v) is 2.89. The lowest BCUT2D eigenvalue weighted by Crippen LogP contribution is -2.03. The second kappa shape index (κ2) is 3.92. The SMILES string of the molecule is Cc1cccc(Br)c1Cn1ccnn1. The molecule has 0 N–H and O–H groups in total. The number of hydrogen-bond donors (Lipinski definition) is 0. The standard InChI is InChI=1S/C10H10BrN3/c1-8-3-2-4-10(11)9(8)7-14-6-5-12-13-14/h2-6H,7H2,1H3. The summed E-state index contributed by atoms with van der Waals surface area (Å²) < 4.78 is 2.93. The summed E-state index contributed by atoms with van der Waals surface area (Å²) in [6, 6.07) is 6.17. The summed E-state index contributed by atoms with van der Waals surface area (Å²) in [5.74, 6) is 0. The van der Waals surface area contributed by atoms with Crippen molar-refractivity contribution in [3.8, 4) is 0 Å². The topological polar surface area (TPSA) is 30.7 Å². The largest absolute Gasteiger partial charge is 0.248 e. The Labute approximate surface area is 90.9 Å². The van der Waals surface area contributed by atoms with Crippen LogP contribution in [0.4, 0.5) is 0 Å². The molecule has 1 aromatic carbocycles. The molecule has 2 aromatic rings. The van der Waals surface area contributed by atoms with Gasteiger partial charge < -0.3 is 0 Å². The quantitative estimate of drug-likeness (QED) is 0.821. The Morgan fingerprint density at radius 3 is 2.93 bits per heavy atom. The molecule has 0 atom stereocenters. The van der Waals surface area contributed by atoms with Crippen LogP contribution >= 0.6 is 15.9 Å². The van der Waals surface area contributed by atoms with E-state index in [0.717, 1.165) is 11.0 Å². The zero-order valence-corrected chi connectivity index (χ0v) is 9.40. The Bertz CT molecular complexity index is 403. The fraction of sp³-hybridized carbons (Fsp3) is 0.200. The Kier molecular flexibility index (Phi) is 2.63. The van der Waals surface area contributed by atoms with Gasteiger partial charge in [0.25, 0.3) is 0 Å². The van der Waals surface area contributed by atoms with Crippen LogP contribution in [0.2, 0.25) is 0 Å². The highest BCUT2D eigenvalue weighted by Crippen LogP contribution is 2.20. The minimum Gasteiger partial charge on any atom is -0.248 e. The molecule has 0 spiro atoms. The van der Waals surface area contributed by atoms with Crippen molar-refractivity contribution in [1.82, 2.24) is 15.0 Å². The second-order valence-electron chi connectivity index (χ2n) is 3.14. The number of hydrogen-bond acceptors (Lipinski definition) is 2. The van der Waals surface area contributed by atoms with E-state index in [1.165, 1.54) is 11.1 Å². The molecular weight excluding hydrogens is 242 g/mol. The van der Waals surface area contributed by atoms with Crippen LogP contribution in [-0.2, 0) is 6.54 Å². The van der Waals surface area contributed by atoms with Crippen molar-refractivity contribution < 1.29 is 0 Å². The molecule has 2 rings (SSSR count). The van der Waals surface area contributed by atoms with Gasteiger partial charge in [-0.1, -0.05) is 33.3 Å². The third kappa shape index (κ3) is 1.85. The number of aryl methyl sites for hydroxylation is 1. The van der Waals surface area contributed by atoms with Gasteiger partial charge in [-0.3, -0.25) is 0 Å². The molecule has 0 aliphatic rings. The van der Waals surface area contributed by atoms with E-state index in [9.17, 15) is 0 Å². The van der Waals surface area contributed by atoms with Crippen molar-refractivity contribution in [2.24, 2.45) is 0 Å². The first-order valence-electron chi connectivity index (χ1n) is 4.35. The lowest BCUT2D eigenvalue weighted by atomic mass is 10.1. The van der Waals surface area contributed by atoms with Gasteiger partial charge in [-0.25, -0.2) is 4.68 Å². The van der Waals surface area contributed by atoms with Crippen LogP contribution in [0.1, 0.15) is 11.1 Å². The van der Waals surface area contributed by atoms with Gasteiger partial charge >= 0.3 is 0 Å². The minimum absolute atomic E-state index is 0.757. The van der Waals surface area contributed by atoms with Crippen LogP contribution in [0.25, 0.3) is 0 Å². The van der Waals surface area contributed by atoms with Crippen LogP contribution < -0.4 is 0 Å². The van der Waals surface area contributed by atoms with Gasteiger partial charge in [-0.2, -0.15) is 0 Å². The summed E-state index contributed by atoms with van der Waals surface area (Å²) in [6.07, 6.45) is 3.55. The Balaban J connectivity index is 2.33. The molecule has 4 heteroatoms. The van der Waals surface area contributed by atoms with Crippen molar-refractivity contribution >= 4 is 15.9 Å². The average molecular weight is 252 g/mol. The lowest BCUT2D eigenvalue weighted by molar-refractivity contribution is 0.646. The van der Waals surface area contributed by atoms with Crippen LogP contribution in [0.3, 0.4) is 0 Å². The fourth-order valence-corrected chi connectivity index (χ4v) is 1.94.